The van der Waals surface area contributed by atoms with Gasteiger partial charge >= 0.3 is 0 Å². The maximum atomic E-state index is 14.7. The third-order valence-corrected chi connectivity index (χ3v) is 8.98. The number of carbonyl (C=O) groups excluding carboxylic acids is 2. The topological polar surface area (TPSA) is 86.8 Å². The number of sulfonamides is 1. The van der Waals surface area contributed by atoms with Gasteiger partial charge in [-0.3, -0.25) is 13.9 Å². The van der Waals surface area contributed by atoms with Crippen molar-refractivity contribution in [2.75, 3.05) is 17.1 Å². The molecular formula is C30H32Cl2FN3O4S. The van der Waals surface area contributed by atoms with Crippen molar-refractivity contribution >= 4 is 50.7 Å². The molecule has 7 nitrogen and oxygen atoms in total. The van der Waals surface area contributed by atoms with E-state index < -0.39 is 34.3 Å². The van der Waals surface area contributed by atoms with E-state index >= 15 is 0 Å². The monoisotopic (exact) mass is 619 g/mol. The van der Waals surface area contributed by atoms with Crippen LogP contribution < -0.4 is 9.62 Å². The molecule has 4 rings (SSSR count). The van der Waals surface area contributed by atoms with E-state index in [4.69, 9.17) is 23.2 Å². The van der Waals surface area contributed by atoms with Crippen LogP contribution in [0.25, 0.3) is 0 Å². The number of para-hydroxylation sites is 1. The van der Waals surface area contributed by atoms with Gasteiger partial charge in [0.05, 0.1) is 22.0 Å². The van der Waals surface area contributed by atoms with Crippen LogP contribution >= 0.6 is 23.2 Å². The lowest BCUT2D eigenvalue weighted by Crippen LogP contribution is -2.54. The van der Waals surface area contributed by atoms with Crippen molar-refractivity contribution < 1.29 is 22.4 Å². The predicted molar refractivity (Wildman–Crippen MR) is 160 cm³/mol. The average Bonchev–Trinajstić information content (AvgIpc) is 3.44. The second-order valence-electron chi connectivity index (χ2n) is 10.2. The van der Waals surface area contributed by atoms with Crippen LogP contribution in [0.5, 0.6) is 0 Å². The van der Waals surface area contributed by atoms with Gasteiger partial charge < -0.3 is 10.2 Å². The molecule has 0 aliphatic heterocycles. The van der Waals surface area contributed by atoms with Crippen LogP contribution in [-0.2, 0) is 32.6 Å². The molecule has 1 aliphatic rings. The summed E-state index contributed by atoms with van der Waals surface area (Å²) in [5, 5.41) is 3.70. The van der Waals surface area contributed by atoms with E-state index in [0.717, 1.165) is 47.9 Å². The Morgan fingerprint density at radius 2 is 1.61 bits per heavy atom. The SMILES string of the molecule is CS(=O)(=O)N(CC(=O)N(Cc1ccc(Cl)c(Cl)c1)C(Cc1ccccc1)C(=O)NC1CCCC1)c1ccccc1F. The molecule has 3 aromatic rings. The summed E-state index contributed by atoms with van der Waals surface area (Å²) in [5.41, 5.74) is 1.16. The van der Waals surface area contributed by atoms with Crippen molar-refractivity contribution in [3.63, 3.8) is 0 Å². The molecule has 1 N–H and O–H groups in total. The molecule has 1 aliphatic carbocycles. The average molecular weight is 621 g/mol. The Balaban J connectivity index is 1.74. The van der Waals surface area contributed by atoms with Gasteiger partial charge in [-0.25, -0.2) is 12.8 Å². The Kier molecular flexibility index (Phi) is 10.3. The second-order valence-corrected chi connectivity index (χ2v) is 12.9. The molecule has 0 saturated heterocycles. The predicted octanol–water partition coefficient (Wildman–Crippen LogP) is 5.60. The number of nitrogens with one attached hydrogen (secondary N) is 1. The highest BCUT2D eigenvalue weighted by molar-refractivity contribution is 7.92. The van der Waals surface area contributed by atoms with Crippen molar-refractivity contribution in [3.05, 3.63) is 99.8 Å². The lowest BCUT2D eigenvalue weighted by Gasteiger charge is -2.34. The second kappa shape index (κ2) is 13.7. The zero-order valence-electron chi connectivity index (χ0n) is 22.6. The Morgan fingerprint density at radius 1 is 0.951 bits per heavy atom. The first kappa shape index (κ1) is 30.8. The Labute approximate surface area is 250 Å². The van der Waals surface area contributed by atoms with Crippen molar-refractivity contribution in [1.29, 1.82) is 0 Å². The van der Waals surface area contributed by atoms with Gasteiger partial charge in [-0.1, -0.05) is 84.6 Å². The maximum Gasteiger partial charge on any atom is 0.244 e. The molecule has 1 atom stereocenters. The summed E-state index contributed by atoms with van der Waals surface area (Å²) in [6.45, 7) is -0.761. The first-order valence-electron chi connectivity index (χ1n) is 13.3. The molecule has 3 aromatic carbocycles. The number of amides is 2. The molecule has 0 heterocycles. The third kappa shape index (κ3) is 8.21. The first-order valence-corrected chi connectivity index (χ1v) is 15.9. The number of rotatable bonds is 11. The zero-order valence-corrected chi connectivity index (χ0v) is 24.9. The Hall–Kier alpha value is -3.14. The minimum absolute atomic E-state index is 0.00589. The zero-order chi connectivity index (χ0) is 29.6. The van der Waals surface area contributed by atoms with E-state index in [-0.39, 0.29) is 35.6 Å². The summed E-state index contributed by atoms with van der Waals surface area (Å²) in [6, 6.07) is 18.5. The van der Waals surface area contributed by atoms with Crippen molar-refractivity contribution in [2.45, 2.75) is 50.7 Å². The lowest BCUT2D eigenvalue weighted by atomic mass is 10.0. The van der Waals surface area contributed by atoms with E-state index in [1.54, 1.807) is 18.2 Å². The summed E-state index contributed by atoms with van der Waals surface area (Å²) in [5.74, 6) is -1.81. The summed E-state index contributed by atoms with van der Waals surface area (Å²) in [6.07, 6.45) is 4.80. The lowest BCUT2D eigenvalue weighted by molar-refractivity contribution is -0.140. The summed E-state index contributed by atoms with van der Waals surface area (Å²) < 4.78 is 41.0. The van der Waals surface area contributed by atoms with Crippen LogP contribution in [-0.4, -0.2) is 50.0 Å². The third-order valence-electron chi connectivity index (χ3n) is 7.11. The smallest absolute Gasteiger partial charge is 0.244 e. The van der Waals surface area contributed by atoms with Crippen LogP contribution in [0, 0.1) is 5.82 Å². The van der Waals surface area contributed by atoms with Gasteiger partial charge in [-0.15, -0.1) is 0 Å². The number of hydrogen-bond donors (Lipinski definition) is 1. The fraction of sp³-hybridized carbons (Fsp3) is 0.333. The summed E-state index contributed by atoms with van der Waals surface area (Å²) in [7, 11) is -4.07. The molecule has 0 radical (unpaired) electrons. The van der Waals surface area contributed by atoms with Gasteiger partial charge in [0.2, 0.25) is 21.8 Å². The van der Waals surface area contributed by atoms with Crippen LogP contribution in [0.1, 0.15) is 36.8 Å². The molecule has 11 heteroatoms. The highest BCUT2D eigenvalue weighted by Gasteiger charge is 2.34. The molecule has 218 valence electrons. The van der Waals surface area contributed by atoms with Crippen LogP contribution in [0.3, 0.4) is 0 Å². The van der Waals surface area contributed by atoms with Crippen LogP contribution in [0.2, 0.25) is 10.0 Å². The van der Waals surface area contributed by atoms with Gasteiger partial charge in [0.25, 0.3) is 0 Å². The number of hydrogen-bond acceptors (Lipinski definition) is 4. The molecule has 1 fully saturated rings. The number of benzene rings is 3. The van der Waals surface area contributed by atoms with Gasteiger partial charge in [0.15, 0.2) is 0 Å². The van der Waals surface area contributed by atoms with Crippen LogP contribution in [0.15, 0.2) is 72.8 Å². The van der Waals surface area contributed by atoms with Gasteiger partial charge in [-0.05, 0) is 48.2 Å². The highest BCUT2D eigenvalue weighted by Crippen LogP contribution is 2.26. The summed E-state index contributed by atoms with van der Waals surface area (Å²) >= 11 is 12.4. The minimum Gasteiger partial charge on any atom is -0.352 e. The van der Waals surface area contributed by atoms with Gasteiger partial charge in [-0.2, -0.15) is 0 Å². The van der Waals surface area contributed by atoms with Crippen molar-refractivity contribution in [2.24, 2.45) is 0 Å². The van der Waals surface area contributed by atoms with Crippen molar-refractivity contribution in [1.82, 2.24) is 10.2 Å². The number of carbonyl (C=O) groups is 2. The molecule has 0 aromatic heterocycles. The Morgan fingerprint density at radius 3 is 2.24 bits per heavy atom. The number of anilines is 1. The minimum atomic E-state index is -4.07. The first-order chi connectivity index (χ1) is 19.5. The van der Waals surface area contributed by atoms with Crippen molar-refractivity contribution in [3.8, 4) is 0 Å². The van der Waals surface area contributed by atoms with E-state index in [1.165, 1.54) is 23.1 Å². The molecule has 0 bridgehead atoms. The Bertz CT molecular complexity index is 1480. The van der Waals surface area contributed by atoms with E-state index in [1.807, 2.05) is 30.3 Å². The molecule has 1 unspecified atom stereocenters. The number of halogens is 3. The maximum absolute atomic E-state index is 14.7. The standard InChI is InChI=1S/C30H32Cl2FN3O4S/c1-41(39,40)36(27-14-8-7-13-26(27)33)20-29(37)35(19-22-15-16-24(31)25(32)17-22)28(18-21-9-3-2-4-10-21)30(38)34-23-11-5-6-12-23/h2-4,7-10,13-17,23,28H,5-6,11-12,18-20H2,1H3,(H,34,38). The van der Waals surface area contributed by atoms with Gasteiger partial charge in [0, 0.05) is 19.0 Å². The highest BCUT2D eigenvalue weighted by atomic mass is 35.5. The van der Waals surface area contributed by atoms with E-state index in [0.29, 0.717) is 10.6 Å². The fourth-order valence-corrected chi connectivity index (χ4v) is 6.18. The fourth-order valence-electron chi connectivity index (χ4n) is 5.00. The largest absolute Gasteiger partial charge is 0.352 e. The normalized spacial score (nSPS) is 14.4. The molecule has 41 heavy (non-hydrogen) atoms. The van der Waals surface area contributed by atoms with Crippen LogP contribution in [0.4, 0.5) is 10.1 Å². The van der Waals surface area contributed by atoms with E-state index in [2.05, 4.69) is 5.32 Å². The molecular weight excluding hydrogens is 588 g/mol. The van der Waals surface area contributed by atoms with Gasteiger partial charge in [0.1, 0.15) is 18.4 Å². The molecule has 0 spiro atoms. The quantitative estimate of drug-likeness (QED) is 0.303. The summed E-state index contributed by atoms with van der Waals surface area (Å²) in [4.78, 5) is 29.2. The molecule has 2 amide bonds. The van der Waals surface area contributed by atoms with E-state index in [9.17, 15) is 22.4 Å². The number of nitrogens with zero attached hydrogens (tertiary/aromatic N) is 2. The molecule has 1 saturated carbocycles.